The lowest BCUT2D eigenvalue weighted by atomic mass is 9.90. The summed E-state index contributed by atoms with van der Waals surface area (Å²) in [6.07, 6.45) is 0. The Morgan fingerprint density at radius 3 is 2.35 bits per heavy atom. The van der Waals surface area contributed by atoms with Crippen LogP contribution in [0.25, 0.3) is 0 Å². The predicted octanol–water partition coefficient (Wildman–Crippen LogP) is 1.54. The first-order chi connectivity index (χ1) is 8.07. The number of nitrogens with zero attached hydrogens (tertiary/aromatic N) is 1. The van der Waals surface area contributed by atoms with Crippen LogP contribution in [-0.2, 0) is 14.3 Å². The molecule has 2 unspecified atom stereocenters. The van der Waals surface area contributed by atoms with Crippen molar-refractivity contribution in [1.82, 2.24) is 4.90 Å². The average Bonchev–Trinajstić information content (AvgIpc) is 2.30. The molecule has 2 atom stereocenters. The molecule has 0 N–H and O–H groups in total. The van der Waals surface area contributed by atoms with Gasteiger partial charge >= 0.3 is 5.97 Å². The molecule has 4 nitrogen and oxygen atoms in total. The van der Waals surface area contributed by atoms with E-state index in [-0.39, 0.29) is 17.9 Å². The molecule has 0 aromatic carbocycles. The summed E-state index contributed by atoms with van der Waals surface area (Å²) in [5.74, 6) is 0.276. The zero-order chi connectivity index (χ0) is 12.8. The number of hydrogen-bond acceptors (Lipinski definition) is 4. The standard InChI is InChI=1S/C13H25NO3/c1-5-17-13(15)11(4)12(10(2)3)14-6-8-16-9-7-14/h10-12H,5-9H2,1-4H3. The van der Waals surface area contributed by atoms with Gasteiger partial charge in [0.25, 0.3) is 0 Å². The lowest BCUT2D eigenvalue weighted by molar-refractivity contribution is -0.151. The van der Waals surface area contributed by atoms with Crippen LogP contribution in [-0.4, -0.2) is 49.8 Å². The third-order valence-corrected chi connectivity index (χ3v) is 3.32. The van der Waals surface area contributed by atoms with Gasteiger partial charge in [-0.3, -0.25) is 9.69 Å². The third kappa shape index (κ3) is 3.96. The molecule has 0 aliphatic carbocycles. The number of carbonyl (C=O) groups excluding carboxylic acids is 1. The molecule has 0 aromatic rings. The molecule has 0 bridgehead atoms. The van der Waals surface area contributed by atoms with Crippen LogP contribution in [0.2, 0.25) is 0 Å². The van der Waals surface area contributed by atoms with E-state index in [9.17, 15) is 4.79 Å². The minimum Gasteiger partial charge on any atom is -0.466 e. The van der Waals surface area contributed by atoms with Crippen LogP contribution in [0.3, 0.4) is 0 Å². The van der Waals surface area contributed by atoms with E-state index >= 15 is 0 Å². The van der Waals surface area contributed by atoms with Gasteiger partial charge in [0, 0.05) is 19.1 Å². The summed E-state index contributed by atoms with van der Waals surface area (Å²) in [7, 11) is 0. The van der Waals surface area contributed by atoms with Crippen molar-refractivity contribution in [2.45, 2.75) is 33.7 Å². The van der Waals surface area contributed by atoms with Gasteiger partial charge in [-0.05, 0) is 12.8 Å². The minimum atomic E-state index is -0.0855. The second kappa shape index (κ2) is 6.97. The van der Waals surface area contributed by atoms with E-state index in [1.165, 1.54) is 0 Å². The van der Waals surface area contributed by atoms with Gasteiger partial charge in [-0.1, -0.05) is 20.8 Å². The smallest absolute Gasteiger partial charge is 0.310 e. The maximum atomic E-state index is 11.9. The zero-order valence-corrected chi connectivity index (χ0v) is 11.4. The number of esters is 1. The normalized spacial score (nSPS) is 21.2. The molecule has 0 aromatic heterocycles. The van der Waals surface area contributed by atoms with Crippen molar-refractivity contribution < 1.29 is 14.3 Å². The second-order valence-electron chi connectivity index (χ2n) is 4.92. The van der Waals surface area contributed by atoms with Gasteiger partial charge in [0.05, 0.1) is 25.7 Å². The van der Waals surface area contributed by atoms with Crippen molar-refractivity contribution >= 4 is 5.97 Å². The van der Waals surface area contributed by atoms with Crippen molar-refractivity contribution in [3.63, 3.8) is 0 Å². The number of morpholine rings is 1. The molecule has 100 valence electrons. The Morgan fingerprint density at radius 2 is 1.88 bits per heavy atom. The van der Waals surface area contributed by atoms with E-state index < -0.39 is 0 Å². The fourth-order valence-electron chi connectivity index (χ4n) is 2.60. The zero-order valence-electron chi connectivity index (χ0n) is 11.4. The van der Waals surface area contributed by atoms with Crippen LogP contribution in [0.1, 0.15) is 27.7 Å². The second-order valence-corrected chi connectivity index (χ2v) is 4.92. The van der Waals surface area contributed by atoms with Crippen molar-refractivity contribution in [2.75, 3.05) is 32.9 Å². The van der Waals surface area contributed by atoms with Crippen LogP contribution < -0.4 is 0 Å². The lowest BCUT2D eigenvalue weighted by Gasteiger charge is -2.39. The molecule has 1 saturated heterocycles. The first kappa shape index (κ1) is 14.5. The topological polar surface area (TPSA) is 38.8 Å². The molecule has 1 rings (SSSR count). The van der Waals surface area contributed by atoms with Crippen LogP contribution in [0.15, 0.2) is 0 Å². The van der Waals surface area contributed by atoms with E-state index in [1.807, 2.05) is 13.8 Å². The summed E-state index contributed by atoms with van der Waals surface area (Å²) < 4.78 is 10.5. The highest BCUT2D eigenvalue weighted by molar-refractivity contribution is 5.72. The number of hydrogen-bond donors (Lipinski definition) is 0. The highest BCUT2D eigenvalue weighted by Crippen LogP contribution is 2.22. The van der Waals surface area contributed by atoms with Gasteiger partial charge in [0.1, 0.15) is 0 Å². The summed E-state index contributed by atoms with van der Waals surface area (Å²) >= 11 is 0. The maximum absolute atomic E-state index is 11.9. The number of ether oxygens (including phenoxy) is 2. The Morgan fingerprint density at radius 1 is 1.29 bits per heavy atom. The Bertz CT molecular complexity index is 237. The van der Waals surface area contributed by atoms with Crippen molar-refractivity contribution in [2.24, 2.45) is 11.8 Å². The van der Waals surface area contributed by atoms with Crippen LogP contribution >= 0.6 is 0 Å². The molecule has 1 heterocycles. The van der Waals surface area contributed by atoms with E-state index in [4.69, 9.17) is 9.47 Å². The molecule has 4 heteroatoms. The molecule has 1 aliphatic heterocycles. The predicted molar refractivity (Wildman–Crippen MR) is 66.8 cm³/mol. The van der Waals surface area contributed by atoms with Gasteiger partial charge in [-0.25, -0.2) is 0 Å². The highest BCUT2D eigenvalue weighted by Gasteiger charge is 2.33. The first-order valence-electron chi connectivity index (χ1n) is 6.56. The summed E-state index contributed by atoms with van der Waals surface area (Å²) in [5.41, 5.74) is 0. The summed E-state index contributed by atoms with van der Waals surface area (Å²) in [4.78, 5) is 14.2. The Hall–Kier alpha value is -0.610. The average molecular weight is 243 g/mol. The van der Waals surface area contributed by atoms with Crippen LogP contribution in [0, 0.1) is 11.8 Å². The summed E-state index contributed by atoms with van der Waals surface area (Å²) in [5, 5.41) is 0. The van der Waals surface area contributed by atoms with Gasteiger partial charge in [-0.2, -0.15) is 0 Å². The molecule has 0 radical (unpaired) electrons. The van der Waals surface area contributed by atoms with Crippen LogP contribution in [0.4, 0.5) is 0 Å². The van der Waals surface area contributed by atoms with Crippen molar-refractivity contribution in [1.29, 1.82) is 0 Å². The molecule has 17 heavy (non-hydrogen) atoms. The van der Waals surface area contributed by atoms with E-state index in [0.29, 0.717) is 12.5 Å². The van der Waals surface area contributed by atoms with Crippen LogP contribution in [0.5, 0.6) is 0 Å². The van der Waals surface area contributed by atoms with E-state index in [2.05, 4.69) is 18.7 Å². The molecule has 1 fully saturated rings. The van der Waals surface area contributed by atoms with Gasteiger partial charge in [-0.15, -0.1) is 0 Å². The van der Waals surface area contributed by atoms with Gasteiger partial charge in [0.2, 0.25) is 0 Å². The molecular formula is C13H25NO3. The lowest BCUT2D eigenvalue weighted by Crippen LogP contribution is -2.50. The molecular weight excluding hydrogens is 218 g/mol. The van der Waals surface area contributed by atoms with Crippen molar-refractivity contribution in [3.05, 3.63) is 0 Å². The third-order valence-electron chi connectivity index (χ3n) is 3.32. The molecule has 0 spiro atoms. The highest BCUT2D eigenvalue weighted by atomic mass is 16.5. The molecule has 1 aliphatic rings. The van der Waals surface area contributed by atoms with Gasteiger partial charge < -0.3 is 9.47 Å². The fraction of sp³-hybridized carbons (Fsp3) is 0.923. The molecule has 0 saturated carbocycles. The minimum absolute atomic E-state index is 0.0759. The first-order valence-corrected chi connectivity index (χ1v) is 6.56. The largest absolute Gasteiger partial charge is 0.466 e. The monoisotopic (exact) mass is 243 g/mol. The molecule has 0 amide bonds. The Balaban J connectivity index is 2.66. The Labute approximate surface area is 104 Å². The summed E-state index contributed by atoms with van der Waals surface area (Å²) in [6, 6.07) is 0.248. The van der Waals surface area contributed by atoms with Crippen molar-refractivity contribution in [3.8, 4) is 0 Å². The quantitative estimate of drug-likeness (QED) is 0.687. The SMILES string of the molecule is CCOC(=O)C(C)C(C(C)C)N1CCOCC1. The summed E-state index contributed by atoms with van der Waals surface area (Å²) in [6.45, 7) is 11.9. The van der Waals surface area contributed by atoms with E-state index in [1.54, 1.807) is 0 Å². The maximum Gasteiger partial charge on any atom is 0.310 e. The Kier molecular flexibility index (Phi) is 5.92. The number of rotatable bonds is 5. The fourth-order valence-corrected chi connectivity index (χ4v) is 2.60. The number of carbonyl (C=O) groups is 1. The van der Waals surface area contributed by atoms with Gasteiger partial charge in [0.15, 0.2) is 0 Å². The van der Waals surface area contributed by atoms with E-state index in [0.717, 1.165) is 26.3 Å².